The molecule has 10 heteroatoms. The van der Waals surface area contributed by atoms with Gasteiger partial charge in [0.25, 0.3) is 5.91 Å². The summed E-state index contributed by atoms with van der Waals surface area (Å²) in [6, 6.07) is 3.13. The van der Waals surface area contributed by atoms with E-state index in [1.54, 1.807) is 19.1 Å². The number of primary amides is 1. The van der Waals surface area contributed by atoms with Gasteiger partial charge in [0.2, 0.25) is 5.78 Å². The molecule has 32 heavy (non-hydrogen) atoms. The van der Waals surface area contributed by atoms with Crippen LogP contribution in [0.1, 0.15) is 24.0 Å². The summed E-state index contributed by atoms with van der Waals surface area (Å²) in [6.07, 6.45) is -1.59. The van der Waals surface area contributed by atoms with Crippen molar-refractivity contribution in [3.63, 3.8) is 0 Å². The standard InChI is InChI=1S/C22H24N2O8/c1-7-8-5-4-6-9(25)11(8)16(26)12-10(7)17(27)14-15(24(2)3)18(28)13(21(23)31)20(30)22(14,32)19(12)29/h4-7,10,14-15,17,25-27,30,32H,1-3H3,(H2,23,31)/t7-,10?,14-,15+,17+,22+/m1/s1. The van der Waals surface area contributed by atoms with Crippen molar-refractivity contribution in [1.82, 2.24) is 4.90 Å². The maximum atomic E-state index is 13.7. The van der Waals surface area contributed by atoms with Crippen LogP contribution in [0.15, 0.2) is 35.1 Å². The number of aliphatic hydroxyl groups is 4. The lowest BCUT2D eigenvalue weighted by atomic mass is 9.54. The molecular formula is C22H24N2O8. The fourth-order valence-electron chi connectivity index (χ4n) is 5.58. The molecule has 1 aromatic rings. The molecule has 1 unspecified atom stereocenters. The lowest BCUT2D eigenvalue weighted by Gasteiger charge is -2.53. The molecule has 3 aliphatic rings. The molecule has 1 aromatic carbocycles. The molecule has 170 valence electrons. The Balaban J connectivity index is 2.07. The number of amides is 1. The molecule has 3 aliphatic carbocycles. The zero-order valence-electron chi connectivity index (χ0n) is 17.6. The monoisotopic (exact) mass is 444 g/mol. The van der Waals surface area contributed by atoms with E-state index in [4.69, 9.17) is 5.73 Å². The van der Waals surface area contributed by atoms with Crippen LogP contribution in [0, 0.1) is 11.8 Å². The molecule has 7 N–H and O–H groups in total. The van der Waals surface area contributed by atoms with E-state index in [1.165, 1.54) is 25.1 Å². The molecule has 10 nitrogen and oxygen atoms in total. The van der Waals surface area contributed by atoms with Gasteiger partial charge in [-0.3, -0.25) is 19.3 Å². The Hall–Kier alpha value is -3.21. The Bertz CT molecular complexity index is 1140. The number of carbonyl (C=O) groups excluding carboxylic acids is 3. The van der Waals surface area contributed by atoms with Gasteiger partial charge in [0.15, 0.2) is 11.4 Å². The van der Waals surface area contributed by atoms with Gasteiger partial charge in [0, 0.05) is 11.5 Å². The smallest absolute Gasteiger partial charge is 0.255 e. The highest BCUT2D eigenvalue weighted by Crippen LogP contribution is 2.55. The Kier molecular flexibility index (Phi) is 4.74. The van der Waals surface area contributed by atoms with Crippen molar-refractivity contribution in [3.05, 3.63) is 46.2 Å². The van der Waals surface area contributed by atoms with Crippen molar-refractivity contribution in [2.45, 2.75) is 30.6 Å². The molecule has 1 fully saturated rings. The predicted molar refractivity (Wildman–Crippen MR) is 110 cm³/mol. The highest BCUT2D eigenvalue weighted by atomic mass is 16.4. The number of nitrogens with zero attached hydrogens (tertiary/aromatic N) is 1. The molecule has 1 amide bonds. The van der Waals surface area contributed by atoms with Crippen LogP contribution in [-0.4, -0.2) is 79.7 Å². The first-order valence-corrected chi connectivity index (χ1v) is 10.0. The number of aliphatic hydroxyl groups excluding tert-OH is 3. The summed E-state index contributed by atoms with van der Waals surface area (Å²) in [5.41, 5.74) is 1.47. The normalized spacial score (nSPS) is 34.4. The van der Waals surface area contributed by atoms with Crippen LogP contribution >= 0.6 is 0 Å². The van der Waals surface area contributed by atoms with Gasteiger partial charge in [-0.2, -0.15) is 0 Å². The van der Waals surface area contributed by atoms with E-state index in [2.05, 4.69) is 0 Å². The van der Waals surface area contributed by atoms with Crippen LogP contribution in [0.4, 0.5) is 0 Å². The summed E-state index contributed by atoms with van der Waals surface area (Å²) >= 11 is 0. The Morgan fingerprint density at radius 2 is 1.78 bits per heavy atom. The van der Waals surface area contributed by atoms with Crippen LogP contribution in [0.2, 0.25) is 0 Å². The third-order valence-corrected chi connectivity index (χ3v) is 6.99. The maximum absolute atomic E-state index is 13.7. The number of benzene rings is 1. The average molecular weight is 444 g/mol. The quantitative estimate of drug-likeness (QED) is 0.327. The molecule has 0 spiro atoms. The minimum Gasteiger partial charge on any atom is -0.508 e. The third-order valence-electron chi connectivity index (χ3n) is 6.99. The fourth-order valence-corrected chi connectivity index (χ4v) is 5.58. The van der Waals surface area contributed by atoms with Crippen LogP contribution < -0.4 is 5.73 Å². The first-order valence-electron chi connectivity index (χ1n) is 10.0. The summed E-state index contributed by atoms with van der Waals surface area (Å²) in [7, 11) is 2.92. The lowest BCUT2D eigenvalue weighted by molar-refractivity contribution is -0.169. The molecule has 4 rings (SSSR count). The zero-order valence-corrected chi connectivity index (χ0v) is 17.6. The number of carbonyl (C=O) groups is 3. The summed E-state index contributed by atoms with van der Waals surface area (Å²) in [6.45, 7) is 1.68. The number of hydrogen-bond acceptors (Lipinski definition) is 9. The molecule has 1 saturated carbocycles. The third kappa shape index (κ3) is 2.48. The average Bonchev–Trinajstić information content (AvgIpc) is 2.70. The van der Waals surface area contributed by atoms with Crippen LogP contribution in [0.25, 0.3) is 5.76 Å². The van der Waals surface area contributed by atoms with Crippen molar-refractivity contribution >= 4 is 23.2 Å². The SMILES string of the molecule is C[C@@H]1c2cccc(O)c2C(O)=C2C(=O)[C@]3(O)C(O)=C(C(N)=O)C(=O)[C@@H](N(C)C)[C@@H]3[C@@H](O)C21. The van der Waals surface area contributed by atoms with Gasteiger partial charge in [-0.25, -0.2) is 0 Å². The Labute approximate surface area is 182 Å². The topological polar surface area (TPSA) is 182 Å². The molecule has 6 atom stereocenters. The van der Waals surface area contributed by atoms with E-state index in [0.29, 0.717) is 5.56 Å². The number of hydrogen-bond donors (Lipinski definition) is 6. The number of nitrogens with two attached hydrogens (primary N) is 1. The van der Waals surface area contributed by atoms with Gasteiger partial charge in [-0.15, -0.1) is 0 Å². The number of Topliss-reactive ketones (excluding diaryl/α,β-unsaturated/α-hetero) is 2. The molecule has 0 aromatic heterocycles. The first-order chi connectivity index (χ1) is 14.9. The van der Waals surface area contributed by atoms with Gasteiger partial charge in [-0.05, 0) is 31.6 Å². The lowest BCUT2D eigenvalue weighted by Crippen LogP contribution is -2.70. The predicted octanol–water partition coefficient (Wildman–Crippen LogP) is -0.504. The van der Waals surface area contributed by atoms with Gasteiger partial charge in [0.1, 0.15) is 22.8 Å². The minimum atomic E-state index is -2.89. The van der Waals surface area contributed by atoms with E-state index < -0.39 is 75.6 Å². The molecule has 0 aliphatic heterocycles. The van der Waals surface area contributed by atoms with Crippen molar-refractivity contribution in [3.8, 4) is 5.75 Å². The van der Waals surface area contributed by atoms with Gasteiger partial charge >= 0.3 is 0 Å². The minimum absolute atomic E-state index is 0.0245. The second kappa shape index (κ2) is 6.89. The van der Waals surface area contributed by atoms with Crippen molar-refractivity contribution in [2.75, 3.05) is 14.1 Å². The van der Waals surface area contributed by atoms with Crippen LogP contribution in [0.3, 0.4) is 0 Å². The van der Waals surface area contributed by atoms with E-state index in [0.717, 1.165) is 0 Å². The number of rotatable bonds is 2. The Morgan fingerprint density at radius 1 is 1.16 bits per heavy atom. The van der Waals surface area contributed by atoms with Crippen molar-refractivity contribution in [2.24, 2.45) is 17.6 Å². The van der Waals surface area contributed by atoms with E-state index in [1.807, 2.05) is 0 Å². The van der Waals surface area contributed by atoms with Gasteiger partial charge in [0.05, 0.1) is 23.6 Å². The number of ketones is 2. The van der Waals surface area contributed by atoms with E-state index in [9.17, 15) is 39.9 Å². The zero-order chi connectivity index (χ0) is 23.9. The van der Waals surface area contributed by atoms with Gasteiger partial charge < -0.3 is 31.3 Å². The molecule has 0 saturated heterocycles. The van der Waals surface area contributed by atoms with Crippen molar-refractivity contribution < 1.29 is 39.9 Å². The van der Waals surface area contributed by atoms with Crippen molar-refractivity contribution in [1.29, 1.82) is 0 Å². The molecule has 0 heterocycles. The highest BCUT2D eigenvalue weighted by Gasteiger charge is 2.68. The summed E-state index contributed by atoms with van der Waals surface area (Å²) in [4.78, 5) is 40.0. The van der Waals surface area contributed by atoms with Gasteiger partial charge in [-0.1, -0.05) is 19.1 Å². The molecule has 0 radical (unpaired) electrons. The number of phenols is 1. The number of aromatic hydroxyl groups is 1. The largest absolute Gasteiger partial charge is 0.508 e. The van der Waals surface area contributed by atoms with E-state index >= 15 is 0 Å². The summed E-state index contributed by atoms with van der Waals surface area (Å²) < 4.78 is 0. The number of phenolic OH excluding ortho intramolecular Hbond substituents is 1. The van der Waals surface area contributed by atoms with E-state index in [-0.39, 0.29) is 11.3 Å². The molecule has 0 bridgehead atoms. The second-order valence-electron chi connectivity index (χ2n) is 8.79. The maximum Gasteiger partial charge on any atom is 0.255 e. The summed E-state index contributed by atoms with van der Waals surface area (Å²) in [5.74, 6) is -8.87. The number of fused-ring (bicyclic) bond motifs is 3. The fraction of sp³-hybridized carbons (Fsp3) is 0.409. The number of likely N-dealkylation sites (N-methyl/N-ethyl adjacent to an activating group) is 1. The Morgan fingerprint density at radius 3 is 2.34 bits per heavy atom. The highest BCUT2D eigenvalue weighted by molar-refractivity contribution is 6.24. The van der Waals surface area contributed by atoms with Crippen LogP contribution in [-0.2, 0) is 14.4 Å². The second-order valence-corrected chi connectivity index (χ2v) is 8.79. The first kappa shape index (κ1) is 22.0. The molecular weight excluding hydrogens is 420 g/mol. The van der Waals surface area contributed by atoms with Crippen LogP contribution in [0.5, 0.6) is 5.75 Å². The summed E-state index contributed by atoms with van der Waals surface area (Å²) in [5, 5.41) is 54.9.